The van der Waals surface area contributed by atoms with E-state index in [1.54, 1.807) is 40.1 Å². The van der Waals surface area contributed by atoms with E-state index in [2.05, 4.69) is 10.6 Å². The number of hydrogen-bond acceptors (Lipinski definition) is 9. The molecule has 4 rings (SSSR count). The number of aliphatic hydroxyl groups is 1. The number of hydrogen-bond donors (Lipinski definition) is 3. The van der Waals surface area contributed by atoms with Crippen LogP contribution in [0, 0.1) is 12.8 Å². The summed E-state index contributed by atoms with van der Waals surface area (Å²) < 4.78 is 23.3. The lowest BCUT2D eigenvalue weighted by Crippen LogP contribution is -2.63. The molecule has 0 saturated carbocycles. The van der Waals surface area contributed by atoms with Gasteiger partial charge in [0.15, 0.2) is 5.72 Å². The number of likely N-dealkylation sites (N-methyl/N-ethyl adjacent to an activating group) is 1. The Balaban J connectivity index is 1.78. The molecule has 1 unspecified atom stereocenters. The van der Waals surface area contributed by atoms with Crippen molar-refractivity contribution in [2.24, 2.45) is 5.92 Å². The predicted molar refractivity (Wildman–Crippen MR) is 165 cm³/mol. The lowest BCUT2D eigenvalue weighted by atomic mass is 9.83. The Morgan fingerprint density at radius 3 is 2.66 bits per heavy atom. The summed E-state index contributed by atoms with van der Waals surface area (Å²) in [6, 6.07) is 3.23. The second-order valence-corrected chi connectivity index (χ2v) is 12.7. The highest BCUT2D eigenvalue weighted by molar-refractivity contribution is 6.34. The van der Waals surface area contributed by atoms with Crippen molar-refractivity contribution >= 4 is 35.3 Å². The van der Waals surface area contributed by atoms with Crippen LogP contribution in [-0.4, -0.2) is 86.1 Å². The Hall–Kier alpha value is -2.96. The summed E-state index contributed by atoms with van der Waals surface area (Å²) in [5.74, 6) is -1.29. The Morgan fingerprint density at radius 2 is 2.00 bits per heavy atom. The number of methoxy groups -OCH3 is 1. The molecule has 8 atom stereocenters. The molecule has 12 heteroatoms. The number of anilines is 1. The SMILES string of the molecule is CN[C@@H](C)C(=O)O[C@H]1CC(=O)N(C)c2cc(cc(C)c2Cl)C/C(C)=C/C=C/[C@@H](OC)[C@@]2(O)CC(OC(=O)N2)[C@@H](C)[C@H]2O[C@@]12C. The number of allylic oxidation sites excluding steroid dienone is 3. The van der Waals surface area contributed by atoms with Crippen LogP contribution in [0.2, 0.25) is 5.02 Å². The fourth-order valence-corrected chi connectivity index (χ4v) is 6.24. The van der Waals surface area contributed by atoms with E-state index in [4.69, 9.17) is 30.5 Å². The van der Waals surface area contributed by atoms with Crippen LogP contribution in [0.15, 0.2) is 35.9 Å². The number of fused-ring (bicyclic) bond motifs is 5. The average molecular weight is 634 g/mol. The number of benzene rings is 1. The van der Waals surface area contributed by atoms with E-state index in [1.165, 1.54) is 12.0 Å². The molecule has 11 nitrogen and oxygen atoms in total. The monoisotopic (exact) mass is 633 g/mol. The third-order valence-electron chi connectivity index (χ3n) is 8.99. The van der Waals surface area contributed by atoms with Crippen molar-refractivity contribution in [3.63, 3.8) is 0 Å². The topological polar surface area (TPSA) is 139 Å². The summed E-state index contributed by atoms with van der Waals surface area (Å²) in [5, 5.41) is 17.4. The van der Waals surface area contributed by atoms with Crippen molar-refractivity contribution in [2.45, 2.75) is 95.7 Å². The van der Waals surface area contributed by atoms with Gasteiger partial charge in [0.2, 0.25) is 5.91 Å². The lowest BCUT2D eigenvalue weighted by molar-refractivity contribution is -0.155. The van der Waals surface area contributed by atoms with Gasteiger partial charge in [0, 0.05) is 26.5 Å². The maximum Gasteiger partial charge on any atom is 0.409 e. The van der Waals surface area contributed by atoms with E-state index >= 15 is 0 Å². The van der Waals surface area contributed by atoms with Crippen LogP contribution in [-0.2, 0) is 35.0 Å². The van der Waals surface area contributed by atoms with E-state index in [-0.39, 0.29) is 18.7 Å². The minimum absolute atomic E-state index is 0.00785. The molecule has 1 aromatic carbocycles. The van der Waals surface area contributed by atoms with Gasteiger partial charge in [0.25, 0.3) is 0 Å². The predicted octanol–water partition coefficient (Wildman–Crippen LogP) is 3.58. The number of epoxide rings is 1. The number of amides is 2. The van der Waals surface area contributed by atoms with Crippen molar-refractivity contribution in [3.05, 3.63) is 52.1 Å². The Bertz CT molecular complexity index is 1350. The maximum absolute atomic E-state index is 13.8. The van der Waals surface area contributed by atoms with Crippen molar-refractivity contribution in [1.82, 2.24) is 10.6 Å². The van der Waals surface area contributed by atoms with Crippen LogP contribution in [0.4, 0.5) is 10.5 Å². The molecule has 0 aliphatic carbocycles. The number of alkyl carbamates (subject to hydrolysis) is 1. The molecule has 2 fully saturated rings. The molecule has 4 bridgehead atoms. The first-order chi connectivity index (χ1) is 20.6. The Kier molecular flexibility index (Phi) is 10.2. The molecule has 44 heavy (non-hydrogen) atoms. The van der Waals surface area contributed by atoms with Crippen molar-refractivity contribution in [1.29, 1.82) is 0 Å². The summed E-state index contributed by atoms with van der Waals surface area (Å²) in [6.45, 7) is 9.12. The zero-order valence-corrected chi connectivity index (χ0v) is 27.4. The molecule has 0 aromatic heterocycles. The van der Waals surface area contributed by atoms with Crippen LogP contribution in [0.5, 0.6) is 0 Å². The number of esters is 1. The van der Waals surface area contributed by atoms with E-state index in [9.17, 15) is 19.5 Å². The first-order valence-electron chi connectivity index (χ1n) is 14.8. The van der Waals surface area contributed by atoms with Crippen LogP contribution in [0.3, 0.4) is 0 Å². The number of carbonyl (C=O) groups excluding carboxylic acids is 3. The molecule has 0 spiro atoms. The number of carbonyl (C=O) groups is 3. The number of rotatable bonds is 4. The molecule has 3 N–H and O–H groups in total. The van der Waals surface area contributed by atoms with Crippen LogP contribution in [0.25, 0.3) is 0 Å². The van der Waals surface area contributed by atoms with Gasteiger partial charge in [-0.25, -0.2) is 4.79 Å². The Morgan fingerprint density at radius 1 is 1.30 bits per heavy atom. The third kappa shape index (κ3) is 6.97. The van der Waals surface area contributed by atoms with Crippen LogP contribution < -0.4 is 15.5 Å². The normalized spacial score (nSPS) is 35.4. The number of nitrogens with one attached hydrogen (secondary N) is 2. The van der Waals surface area contributed by atoms with E-state index in [1.807, 2.05) is 39.0 Å². The minimum Gasteiger partial charge on any atom is -0.457 e. The van der Waals surface area contributed by atoms with Crippen molar-refractivity contribution in [2.75, 3.05) is 26.1 Å². The van der Waals surface area contributed by atoms with Gasteiger partial charge in [-0.3, -0.25) is 14.9 Å². The molecule has 3 aliphatic heterocycles. The number of halogens is 1. The van der Waals surface area contributed by atoms with Gasteiger partial charge in [-0.1, -0.05) is 48.4 Å². The number of aryl methyl sites for hydroxylation is 1. The summed E-state index contributed by atoms with van der Waals surface area (Å²) in [4.78, 5) is 40.9. The first-order valence-corrected chi connectivity index (χ1v) is 15.2. The fourth-order valence-electron chi connectivity index (χ4n) is 6.00. The largest absolute Gasteiger partial charge is 0.457 e. The molecule has 2 saturated heterocycles. The van der Waals surface area contributed by atoms with Gasteiger partial charge in [-0.15, -0.1) is 0 Å². The van der Waals surface area contributed by atoms with Gasteiger partial charge >= 0.3 is 12.1 Å². The van der Waals surface area contributed by atoms with Gasteiger partial charge < -0.3 is 34.3 Å². The quantitative estimate of drug-likeness (QED) is 0.335. The van der Waals surface area contributed by atoms with Gasteiger partial charge in [0.05, 0.1) is 23.2 Å². The van der Waals surface area contributed by atoms with E-state index < -0.39 is 59.8 Å². The molecule has 3 aliphatic rings. The maximum atomic E-state index is 13.8. The smallest absolute Gasteiger partial charge is 0.409 e. The summed E-state index contributed by atoms with van der Waals surface area (Å²) in [5.41, 5.74) is 0.475. The zero-order chi connectivity index (χ0) is 32.6. The highest BCUT2D eigenvalue weighted by atomic mass is 35.5. The number of ether oxygens (including phenoxy) is 4. The second-order valence-electron chi connectivity index (χ2n) is 12.3. The van der Waals surface area contributed by atoms with Crippen molar-refractivity contribution in [3.8, 4) is 0 Å². The van der Waals surface area contributed by atoms with Gasteiger partial charge in [-0.05, 0) is 58.4 Å². The third-order valence-corrected chi connectivity index (χ3v) is 9.48. The summed E-state index contributed by atoms with van der Waals surface area (Å²) in [6.07, 6.45) is 1.81. The first kappa shape index (κ1) is 33.9. The molecule has 2 amide bonds. The minimum atomic E-state index is -1.76. The molecular formula is C32H44ClN3O8. The summed E-state index contributed by atoms with van der Waals surface area (Å²) in [7, 11) is 4.74. The van der Waals surface area contributed by atoms with Crippen molar-refractivity contribution < 1.29 is 38.4 Å². The fraction of sp³-hybridized carbons (Fsp3) is 0.594. The average Bonchev–Trinajstić information content (AvgIpc) is 3.66. The molecule has 0 radical (unpaired) electrons. The van der Waals surface area contributed by atoms with Gasteiger partial charge in [0.1, 0.15) is 30.0 Å². The number of nitrogens with zero attached hydrogens (tertiary/aromatic N) is 1. The molecule has 1 aromatic rings. The zero-order valence-electron chi connectivity index (χ0n) is 26.6. The standard InChI is InChI=1S/C32H44ClN3O8/c1-17-10-9-11-24(41-8)32(40)16-23(42-30(39)35-32)19(3)28-31(5,44-28)25(43-29(38)20(4)34-6)15-26(37)36(7)22-14-21(12-17)13-18(2)27(22)33/h9-11,13-14,19-20,23-25,28,34,40H,12,15-16H2,1-8H3,(H,35,39)/b11-9+,17-10+/t19-,20+,23?,24-,25+,28-,31+,32+/m1/s1. The van der Waals surface area contributed by atoms with E-state index in [0.717, 1.165) is 16.7 Å². The highest BCUT2D eigenvalue weighted by Gasteiger charge is 2.64. The Labute approximate surface area is 263 Å². The van der Waals surface area contributed by atoms with Crippen LogP contribution in [0.1, 0.15) is 51.7 Å². The highest BCUT2D eigenvalue weighted by Crippen LogP contribution is 2.49. The summed E-state index contributed by atoms with van der Waals surface area (Å²) >= 11 is 6.70. The molecular weight excluding hydrogens is 590 g/mol. The second kappa shape index (κ2) is 13.2. The van der Waals surface area contributed by atoms with Gasteiger partial charge in [-0.2, -0.15) is 0 Å². The van der Waals surface area contributed by atoms with Crippen LogP contribution >= 0.6 is 11.6 Å². The molecule has 242 valence electrons. The molecule has 3 heterocycles. The van der Waals surface area contributed by atoms with E-state index in [0.29, 0.717) is 17.1 Å². The lowest BCUT2D eigenvalue weighted by Gasteiger charge is -2.42.